The molecule has 1 saturated carbocycles. The third kappa shape index (κ3) is 2.66. The van der Waals surface area contributed by atoms with E-state index in [1.807, 2.05) is 30.3 Å². The molecule has 24 heavy (non-hydrogen) atoms. The third-order valence-electron chi connectivity index (χ3n) is 4.53. The van der Waals surface area contributed by atoms with Gasteiger partial charge in [-0.1, -0.05) is 12.1 Å². The predicted octanol–water partition coefficient (Wildman–Crippen LogP) is 2.89. The molecule has 5 heteroatoms. The fourth-order valence-electron chi connectivity index (χ4n) is 3.01. The van der Waals surface area contributed by atoms with Gasteiger partial charge in [-0.25, -0.2) is 0 Å². The van der Waals surface area contributed by atoms with Crippen molar-refractivity contribution in [2.45, 2.75) is 18.4 Å². The molecule has 1 amide bonds. The topological polar surface area (TPSA) is 56.8 Å². The minimum atomic E-state index is -0.310. The molecule has 4 rings (SSSR count). The molecule has 0 saturated heterocycles. The van der Waals surface area contributed by atoms with E-state index in [1.165, 1.54) is 0 Å². The number of fused-ring (bicyclic) bond motifs is 1. The number of hydrogen-bond acceptors (Lipinski definition) is 4. The Bertz CT molecular complexity index is 783. The Morgan fingerprint density at radius 1 is 1.08 bits per heavy atom. The molecular formula is C19H19NO4. The van der Waals surface area contributed by atoms with Crippen LogP contribution in [0.3, 0.4) is 0 Å². The van der Waals surface area contributed by atoms with Crippen LogP contribution in [0.25, 0.3) is 0 Å². The molecule has 2 aliphatic rings. The summed E-state index contributed by atoms with van der Waals surface area (Å²) in [6, 6.07) is 13.1. The molecule has 0 aromatic heterocycles. The lowest BCUT2D eigenvalue weighted by atomic mass is 10.0. The van der Waals surface area contributed by atoms with Crippen molar-refractivity contribution in [1.29, 1.82) is 0 Å². The summed E-state index contributed by atoms with van der Waals surface area (Å²) in [6.45, 7) is 1.13. The number of methoxy groups -OCH3 is 1. The van der Waals surface area contributed by atoms with Crippen molar-refractivity contribution in [1.82, 2.24) is 5.32 Å². The van der Waals surface area contributed by atoms with Gasteiger partial charge in [0.05, 0.1) is 12.6 Å². The largest absolute Gasteiger partial charge is 0.497 e. The van der Waals surface area contributed by atoms with E-state index < -0.39 is 0 Å². The average molecular weight is 325 g/mol. The van der Waals surface area contributed by atoms with Crippen LogP contribution in [0.4, 0.5) is 0 Å². The van der Waals surface area contributed by atoms with Crippen LogP contribution in [0.1, 0.15) is 28.8 Å². The number of benzene rings is 2. The van der Waals surface area contributed by atoms with E-state index >= 15 is 0 Å². The normalized spacial score (nSPS) is 17.0. The van der Waals surface area contributed by atoms with Crippen LogP contribution < -0.4 is 19.5 Å². The highest BCUT2D eigenvalue weighted by Crippen LogP contribution is 2.48. The van der Waals surface area contributed by atoms with Crippen molar-refractivity contribution in [3.63, 3.8) is 0 Å². The van der Waals surface area contributed by atoms with Gasteiger partial charge in [0.2, 0.25) is 0 Å². The van der Waals surface area contributed by atoms with Gasteiger partial charge in [-0.2, -0.15) is 0 Å². The van der Waals surface area contributed by atoms with Crippen molar-refractivity contribution in [3.05, 3.63) is 53.6 Å². The molecule has 1 aliphatic heterocycles. The van der Waals surface area contributed by atoms with Gasteiger partial charge in [0.1, 0.15) is 19.0 Å². The number of amides is 1. The van der Waals surface area contributed by atoms with Crippen LogP contribution in [0, 0.1) is 0 Å². The molecule has 0 radical (unpaired) electrons. The highest BCUT2D eigenvalue weighted by Gasteiger charge is 2.46. The Hall–Kier alpha value is -2.69. The number of carbonyl (C=O) groups is 1. The summed E-state index contributed by atoms with van der Waals surface area (Å²) in [4.78, 5) is 12.6. The van der Waals surface area contributed by atoms with Crippen LogP contribution >= 0.6 is 0 Å². The second-order valence-corrected chi connectivity index (χ2v) is 6.13. The van der Waals surface area contributed by atoms with E-state index in [4.69, 9.17) is 14.2 Å². The molecule has 5 nitrogen and oxygen atoms in total. The highest BCUT2D eigenvalue weighted by atomic mass is 16.6. The molecule has 124 valence electrons. The molecule has 0 spiro atoms. The number of ether oxygens (including phenoxy) is 3. The van der Waals surface area contributed by atoms with Crippen LogP contribution in [-0.4, -0.2) is 26.2 Å². The van der Waals surface area contributed by atoms with E-state index in [0.717, 1.165) is 29.9 Å². The fraction of sp³-hybridized carbons (Fsp3) is 0.316. The van der Waals surface area contributed by atoms with Crippen LogP contribution in [0.15, 0.2) is 42.5 Å². The summed E-state index contributed by atoms with van der Waals surface area (Å²) < 4.78 is 16.4. The SMILES string of the molecule is COc1cccc(C(=O)NC2(c3ccc4c(c3)OCCO4)CC2)c1. The Morgan fingerprint density at radius 2 is 1.88 bits per heavy atom. The monoisotopic (exact) mass is 325 g/mol. The van der Waals surface area contributed by atoms with Gasteiger partial charge in [-0.3, -0.25) is 4.79 Å². The molecule has 1 aliphatic carbocycles. The molecular weight excluding hydrogens is 306 g/mol. The second kappa shape index (κ2) is 5.74. The zero-order valence-corrected chi connectivity index (χ0v) is 13.5. The fourth-order valence-corrected chi connectivity index (χ4v) is 3.01. The minimum absolute atomic E-state index is 0.0960. The number of rotatable bonds is 4. The molecule has 0 bridgehead atoms. The van der Waals surface area contributed by atoms with Crippen LogP contribution in [-0.2, 0) is 5.54 Å². The second-order valence-electron chi connectivity index (χ2n) is 6.13. The number of nitrogens with one attached hydrogen (secondary N) is 1. The summed E-state index contributed by atoms with van der Waals surface area (Å²) in [5, 5.41) is 3.17. The minimum Gasteiger partial charge on any atom is -0.497 e. The van der Waals surface area contributed by atoms with Gasteiger partial charge < -0.3 is 19.5 Å². The smallest absolute Gasteiger partial charge is 0.252 e. The van der Waals surface area contributed by atoms with E-state index in [0.29, 0.717) is 24.5 Å². The summed E-state index contributed by atoms with van der Waals surface area (Å²) in [7, 11) is 1.59. The summed E-state index contributed by atoms with van der Waals surface area (Å²) in [5.74, 6) is 2.09. The van der Waals surface area contributed by atoms with Crippen molar-refractivity contribution in [2.24, 2.45) is 0 Å². The first kappa shape index (κ1) is 14.9. The molecule has 1 fully saturated rings. The third-order valence-corrected chi connectivity index (χ3v) is 4.53. The first-order chi connectivity index (χ1) is 11.7. The zero-order chi connectivity index (χ0) is 16.6. The molecule has 0 atom stereocenters. The van der Waals surface area contributed by atoms with Crippen molar-refractivity contribution in [3.8, 4) is 17.2 Å². The van der Waals surface area contributed by atoms with Crippen LogP contribution in [0.2, 0.25) is 0 Å². The Morgan fingerprint density at radius 3 is 2.62 bits per heavy atom. The summed E-state index contributed by atoms with van der Waals surface area (Å²) in [5.41, 5.74) is 1.34. The lowest BCUT2D eigenvalue weighted by molar-refractivity contribution is 0.0930. The first-order valence-electron chi connectivity index (χ1n) is 8.07. The molecule has 1 heterocycles. The number of hydrogen-bond donors (Lipinski definition) is 1. The molecule has 2 aromatic carbocycles. The Labute approximate surface area is 140 Å². The first-order valence-corrected chi connectivity index (χ1v) is 8.07. The van der Waals surface area contributed by atoms with Gasteiger partial charge in [0.25, 0.3) is 5.91 Å². The van der Waals surface area contributed by atoms with Crippen molar-refractivity contribution in [2.75, 3.05) is 20.3 Å². The Kier molecular flexibility index (Phi) is 3.56. The van der Waals surface area contributed by atoms with Gasteiger partial charge in [-0.15, -0.1) is 0 Å². The molecule has 0 unspecified atom stereocenters. The van der Waals surface area contributed by atoms with Gasteiger partial charge in [-0.05, 0) is 48.7 Å². The highest BCUT2D eigenvalue weighted by molar-refractivity contribution is 5.95. The standard InChI is InChI=1S/C19H19NO4/c1-22-15-4-2-3-13(11-15)18(21)20-19(7-8-19)14-5-6-16-17(12-14)24-10-9-23-16/h2-6,11-12H,7-10H2,1H3,(H,20,21). The summed E-state index contributed by atoms with van der Waals surface area (Å²) in [6.07, 6.45) is 1.84. The molecule has 1 N–H and O–H groups in total. The van der Waals surface area contributed by atoms with Crippen molar-refractivity contribution < 1.29 is 19.0 Å². The van der Waals surface area contributed by atoms with Crippen LogP contribution in [0.5, 0.6) is 17.2 Å². The van der Waals surface area contributed by atoms with E-state index in [-0.39, 0.29) is 11.4 Å². The zero-order valence-electron chi connectivity index (χ0n) is 13.5. The number of carbonyl (C=O) groups excluding carboxylic acids is 1. The van der Waals surface area contributed by atoms with Gasteiger partial charge >= 0.3 is 0 Å². The van der Waals surface area contributed by atoms with E-state index in [2.05, 4.69) is 5.32 Å². The predicted molar refractivity (Wildman–Crippen MR) is 88.8 cm³/mol. The van der Waals surface area contributed by atoms with Gasteiger partial charge in [0.15, 0.2) is 11.5 Å². The lowest BCUT2D eigenvalue weighted by Crippen LogP contribution is -2.35. The molecule has 2 aromatic rings. The average Bonchev–Trinajstić information content (AvgIpc) is 3.42. The summed E-state index contributed by atoms with van der Waals surface area (Å²) >= 11 is 0. The maximum absolute atomic E-state index is 12.6. The van der Waals surface area contributed by atoms with Gasteiger partial charge in [0, 0.05) is 5.56 Å². The van der Waals surface area contributed by atoms with E-state index in [1.54, 1.807) is 19.2 Å². The lowest BCUT2D eigenvalue weighted by Gasteiger charge is -2.23. The maximum atomic E-state index is 12.6. The van der Waals surface area contributed by atoms with Crippen molar-refractivity contribution >= 4 is 5.91 Å². The maximum Gasteiger partial charge on any atom is 0.252 e. The van der Waals surface area contributed by atoms with E-state index in [9.17, 15) is 4.79 Å². The Balaban J connectivity index is 1.56. The quantitative estimate of drug-likeness (QED) is 0.939.